The Morgan fingerprint density at radius 2 is 2.33 bits per heavy atom. The Morgan fingerprint density at radius 3 is 2.50 bits per heavy atom. The van der Waals surface area contributed by atoms with Gasteiger partial charge in [0, 0.05) is 12.4 Å². The summed E-state index contributed by atoms with van der Waals surface area (Å²) >= 11 is 0. The van der Waals surface area contributed by atoms with Crippen molar-refractivity contribution in [3.8, 4) is 0 Å². The standard InChI is InChI=1S/C4H5N2/c1-2-6-4-3-5-1/h1-3H,4H2. The van der Waals surface area contributed by atoms with Crippen LogP contribution in [0.3, 0.4) is 0 Å². The molecule has 0 saturated carbocycles. The molecule has 0 saturated heterocycles. The van der Waals surface area contributed by atoms with E-state index in [1.165, 1.54) is 0 Å². The number of nitrogens with zero attached hydrogens (tertiary/aromatic N) is 2. The third kappa shape index (κ3) is 0.641. The smallest absolute Gasteiger partial charge is 0.0936 e. The van der Waals surface area contributed by atoms with Crippen molar-refractivity contribution in [2.24, 2.45) is 9.98 Å². The van der Waals surface area contributed by atoms with Crippen LogP contribution in [0.4, 0.5) is 0 Å². The van der Waals surface area contributed by atoms with Crippen molar-refractivity contribution in [3.63, 3.8) is 0 Å². The maximum atomic E-state index is 3.85. The van der Waals surface area contributed by atoms with Crippen LogP contribution >= 0.6 is 0 Å². The predicted octanol–water partition coefficient (Wildman–Crippen LogP) is 0.303. The molecule has 0 aliphatic carbocycles. The monoisotopic (exact) mass is 81.0 g/mol. The van der Waals surface area contributed by atoms with E-state index in [2.05, 4.69) is 9.98 Å². The van der Waals surface area contributed by atoms with E-state index in [1.807, 2.05) is 0 Å². The lowest BCUT2D eigenvalue weighted by molar-refractivity contribution is 1.10. The van der Waals surface area contributed by atoms with Gasteiger partial charge in [-0.1, -0.05) is 0 Å². The summed E-state index contributed by atoms with van der Waals surface area (Å²) < 4.78 is 0. The quantitative estimate of drug-likeness (QED) is 0.400. The Morgan fingerprint density at radius 1 is 1.33 bits per heavy atom. The first-order valence-electron chi connectivity index (χ1n) is 1.83. The zero-order valence-corrected chi connectivity index (χ0v) is 3.33. The van der Waals surface area contributed by atoms with Gasteiger partial charge >= 0.3 is 0 Å². The van der Waals surface area contributed by atoms with Gasteiger partial charge in [0.1, 0.15) is 0 Å². The summed E-state index contributed by atoms with van der Waals surface area (Å²) in [6.45, 7) is 2.51. The van der Waals surface area contributed by atoms with Crippen molar-refractivity contribution < 1.29 is 0 Å². The van der Waals surface area contributed by atoms with E-state index < -0.39 is 0 Å². The lowest BCUT2D eigenvalue weighted by Crippen LogP contribution is -1.88. The highest BCUT2D eigenvalue weighted by molar-refractivity contribution is 6.16. The number of hydrogen-bond donors (Lipinski definition) is 0. The predicted molar refractivity (Wildman–Crippen MR) is 26.2 cm³/mol. The molecule has 0 N–H and O–H groups in total. The zero-order valence-electron chi connectivity index (χ0n) is 3.33. The molecular weight excluding hydrogens is 76.1 g/mol. The molecule has 0 aromatic carbocycles. The molecule has 1 radical (unpaired) electrons. The lowest BCUT2D eigenvalue weighted by Gasteiger charge is -1.88. The highest BCUT2D eigenvalue weighted by atomic mass is 14.8. The van der Waals surface area contributed by atoms with E-state index in [4.69, 9.17) is 0 Å². The Balaban J connectivity index is 2.46. The number of hydrogen-bond acceptors (Lipinski definition) is 2. The largest absolute Gasteiger partial charge is 0.289 e. The molecule has 0 atom stereocenters. The van der Waals surface area contributed by atoms with Gasteiger partial charge in [0.15, 0.2) is 0 Å². The molecule has 1 aliphatic heterocycles. The Labute approximate surface area is 36.6 Å². The van der Waals surface area contributed by atoms with Crippen molar-refractivity contribution in [3.05, 3.63) is 6.54 Å². The third-order valence-electron chi connectivity index (χ3n) is 0.551. The molecule has 0 amide bonds. The molecule has 0 spiro atoms. The van der Waals surface area contributed by atoms with E-state index in [1.54, 1.807) is 19.0 Å². The highest BCUT2D eigenvalue weighted by Gasteiger charge is 1.79. The molecule has 2 heteroatoms. The topological polar surface area (TPSA) is 24.7 Å². The summed E-state index contributed by atoms with van der Waals surface area (Å²) in [7, 11) is 0. The van der Waals surface area contributed by atoms with Gasteiger partial charge in [-0.05, 0) is 0 Å². The molecular formula is C4H5N2. The molecule has 0 fully saturated rings. The van der Waals surface area contributed by atoms with Crippen LogP contribution < -0.4 is 0 Å². The van der Waals surface area contributed by atoms with Crippen molar-refractivity contribution in [1.29, 1.82) is 0 Å². The van der Waals surface area contributed by atoms with Crippen LogP contribution in [0.25, 0.3) is 0 Å². The van der Waals surface area contributed by atoms with Crippen LogP contribution in [0.1, 0.15) is 0 Å². The summed E-state index contributed by atoms with van der Waals surface area (Å²) in [6.07, 6.45) is 3.36. The van der Waals surface area contributed by atoms with Gasteiger partial charge in [-0.15, -0.1) is 0 Å². The van der Waals surface area contributed by atoms with E-state index in [-0.39, 0.29) is 0 Å². The van der Waals surface area contributed by atoms with Gasteiger partial charge in [-0.3, -0.25) is 9.98 Å². The van der Waals surface area contributed by atoms with Crippen molar-refractivity contribution in [2.75, 3.05) is 6.54 Å². The molecule has 31 valence electrons. The fourth-order valence-corrected chi connectivity index (χ4v) is 0.302. The Hall–Kier alpha value is -0.660. The van der Waals surface area contributed by atoms with Gasteiger partial charge in [0.05, 0.1) is 13.1 Å². The first-order valence-corrected chi connectivity index (χ1v) is 1.83. The van der Waals surface area contributed by atoms with Crippen LogP contribution in [-0.4, -0.2) is 19.0 Å². The van der Waals surface area contributed by atoms with E-state index in [9.17, 15) is 0 Å². The van der Waals surface area contributed by atoms with Crippen molar-refractivity contribution in [1.82, 2.24) is 0 Å². The summed E-state index contributed by atoms with van der Waals surface area (Å²) in [5.74, 6) is 0. The van der Waals surface area contributed by atoms with Gasteiger partial charge in [-0.2, -0.15) is 0 Å². The SMILES string of the molecule is [CH]1CN=CC=N1. The van der Waals surface area contributed by atoms with E-state index in [0.717, 1.165) is 6.54 Å². The van der Waals surface area contributed by atoms with Crippen LogP contribution in [0.15, 0.2) is 9.98 Å². The summed E-state index contributed by atoms with van der Waals surface area (Å²) in [6, 6.07) is 0. The molecule has 0 aromatic rings. The average Bonchev–Trinajstić information content (AvgIpc) is 1.72. The van der Waals surface area contributed by atoms with E-state index in [0.29, 0.717) is 0 Å². The minimum atomic E-state index is 0.747. The van der Waals surface area contributed by atoms with Gasteiger partial charge in [0.2, 0.25) is 0 Å². The minimum absolute atomic E-state index is 0.747. The normalized spacial score (nSPS) is 18.7. The van der Waals surface area contributed by atoms with Gasteiger partial charge in [-0.25, -0.2) is 0 Å². The molecule has 2 nitrogen and oxygen atoms in total. The third-order valence-corrected chi connectivity index (χ3v) is 0.551. The fourth-order valence-electron chi connectivity index (χ4n) is 0.302. The molecule has 0 unspecified atom stereocenters. The van der Waals surface area contributed by atoms with Crippen LogP contribution in [0.2, 0.25) is 0 Å². The summed E-state index contributed by atoms with van der Waals surface area (Å²) in [5.41, 5.74) is 0. The number of aliphatic imine (C=N–C) groups is 2. The molecule has 6 heavy (non-hydrogen) atoms. The second kappa shape index (κ2) is 1.70. The van der Waals surface area contributed by atoms with E-state index >= 15 is 0 Å². The molecule has 1 rings (SSSR count). The van der Waals surface area contributed by atoms with Crippen LogP contribution in [0, 0.1) is 6.54 Å². The molecule has 0 bridgehead atoms. The second-order valence-electron chi connectivity index (χ2n) is 0.995. The average molecular weight is 81.1 g/mol. The van der Waals surface area contributed by atoms with Crippen molar-refractivity contribution >= 4 is 12.4 Å². The Bertz CT molecular complexity index is 71.5. The molecule has 1 heterocycles. The first kappa shape index (κ1) is 3.53. The summed E-state index contributed by atoms with van der Waals surface area (Å²) in [5, 5.41) is 0. The lowest BCUT2D eigenvalue weighted by atomic mass is 10.6. The minimum Gasteiger partial charge on any atom is -0.289 e. The second-order valence-corrected chi connectivity index (χ2v) is 0.995. The first-order chi connectivity index (χ1) is 3.00. The summed E-state index contributed by atoms with van der Waals surface area (Å²) in [4.78, 5) is 7.62. The number of rotatable bonds is 0. The Kier molecular flexibility index (Phi) is 0.998. The van der Waals surface area contributed by atoms with Crippen molar-refractivity contribution in [2.45, 2.75) is 0 Å². The van der Waals surface area contributed by atoms with Gasteiger partial charge < -0.3 is 0 Å². The fraction of sp³-hybridized carbons (Fsp3) is 0.250. The van der Waals surface area contributed by atoms with Gasteiger partial charge in [0.25, 0.3) is 0 Å². The van der Waals surface area contributed by atoms with Crippen LogP contribution in [0.5, 0.6) is 0 Å². The molecule has 1 aliphatic rings. The maximum absolute atomic E-state index is 3.85. The maximum Gasteiger partial charge on any atom is 0.0936 e. The van der Waals surface area contributed by atoms with Crippen LogP contribution in [-0.2, 0) is 0 Å². The highest BCUT2D eigenvalue weighted by Crippen LogP contribution is 1.81. The molecule has 0 aromatic heterocycles. The zero-order chi connectivity index (χ0) is 4.24.